The molecule has 0 N–H and O–H groups in total. The third-order valence-electron chi connectivity index (χ3n) is 1.69. The van der Waals surface area contributed by atoms with Crippen LogP contribution in [0.25, 0.3) is 10.4 Å². The maximum Gasteiger partial charge on any atom is 0.0317 e. The smallest absolute Gasteiger partial charge is 0.0317 e. The molecule has 0 rings (SSSR count). The lowest BCUT2D eigenvalue weighted by Crippen LogP contribution is -2.13. The molecule has 0 saturated heterocycles. The second-order valence-corrected chi connectivity index (χ2v) is 4.59. The molecular weight excluding hydrogens is 174 g/mol. The molecule has 0 amide bonds. The summed E-state index contributed by atoms with van der Waals surface area (Å²) < 4.78 is 11.3. The molecule has 0 aliphatic rings. The Morgan fingerprint density at radius 3 is 2.83 bits per heavy atom. The normalized spacial score (nSPS) is 14.8. The Hall–Kier alpha value is -0.540. The fraction of sp³-hybridized carbons (Fsp3) is 1.00. The van der Waals surface area contributed by atoms with Crippen LogP contribution in [0.2, 0.25) is 0 Å². The summed E-state index contributed by atoms with van der Waals surface area (Å²) >= 11 is 0. The molecule has 0 bridgehead atoms. The van der Waals surface area contributed by atoms with Crippen LogP contribution in [0.5, 0.6) is 0 Å². The minimum absolute atomic E-state index is 0.260. The van der Waals surface area contributed by atoms with Crippen molar-refractivity contribution in [2.24, 2.45) is 5.11 Å². The van der Waals surface area contributed by atoms with Gasteiger partial charge in [-0.05, 0) is 18.4 Å². The van der Waals surface area contributed by atoms with Gasteiger partial charge in [0, 0.05) is 33.3 Å². The fourth-order valence-corrected chi connectivity index (χ4v) is 1.90. The number of hydrogen-bond donors (Lipinski definition) is 0. The van der Waals surface area contributed by atoms with E-state index in [4.69, 9.17) is 5.53 Å². The molecule has 0 aliphatic carbocycles. The van der Waals surface area contributed by atoms with Crippen molar-refractivity contribution in [2.45, 2.75) is 31.9 Å². The van der Waals surface area contributed by atoms with Gasteiger partial charge in [0.1, 0.15) is 0 Å². The molecule has 5 heteroatoms. The lowest BCUT2D eigenvalue weighted by molar-refractivity contribution is 0.667. The summed E-state index contributed by atoms with van der Waals surface area (Å²) in [6.07, 6.45) is 1.66. The molecule has 12 heavy (non-hydrogen) atoms. The SMILES string of the molecule is CCC(C)S(=O)CCCN=[N+]=[N-]. The average molecular weight is 189 g/mol. The predicted octanol–water partition coefficient (Wildman–Crippen LogP) is 2.23. The van der Waals surface area contributed by atoms with Gasteiger partial charge in [-0.3, -0.25) is 4.21 Å². The summed E-state index contributed by atoms with van der Waals surface area (Å²) in [7, 11) is -0.752. The molecule has 0 spiro atoms. The zero-order valence-electron chi connectivity index (χ0n) is 7.56. The standard InChI is InChI=1S/C7H15N3OS/c1-3-7(2)12(11)6-4-5-9-10-8/h7H,3-6H2,1-2H3. The summed E-state index contributed by atoms with van der Waals surface area (Å²) in [4.78, 5) is 2.62. The van der Waals surface area contributed by atoms with Gasteiger partial charge in [0.2, 0.25) is 0 Å². The molecule has 0 aromatic carbocycles. The van der Waals surface area contributed by atoms with Crippen LogP contribution in [-0.4, -0.2) is 21.8 Å². The fourth-order valence-electron chi connectivity index (χ4n) is 0.709. The molecule has 0 aromatic heterocycles. The van der Waals surface area contributed by atoms with E-state index in [2.05, 4.69) is 10.0 Å². The van der Waals surface area contributed by atoms with E-state index in [1.54, 1.807) is 0 Å². The number of hydrogen-bond acceptors (Lipinski definition) is 2. The van der Waals surface area contributed by atoms with E-state index < -0.39 is 10.8 Å². The van der Waals surface area contributed by atoms with E-state index in [0.717, 1.165) is 12.8 Å². The zero-order valence-corrected chi connectivity index (χ0v) is 8.38. The van der Waals surface area contributed by atoms with Crippen molar-refractivity contribution in [3.63, 3.8) is 0 Å². The topological polar surface area (TPSA) is 65.8 Å². The van der Waals surface area contributed by atoms with Crippen LogP contribution in [-0.2, 0) is 10.8 Å². The van der Waals surface area contributed by atoms with Crippen molar-refractivity contribution in [1.82, 2.24) is 0 Å². The highest BCUT2D eigenvalue weighted by atomic mass is 32.2. The van der Waals surface area contributed by atoms with Crippen LogP contribution in [0.3, 0.4) is 0 Å². The molecule has 70 valence electrons. The predicted molar refractivity (Wildman–Crippen MR) is 51.4 cm³/mol. The summed E-state index contributed by atoms with van der Waals surface area (Å²) in [5, 5.41) is 3.64. The molecule has 2 unspecified atom stereocenters. The lowest BCUT2D eigenvalue weighted by Gasteiger charge is -2.06. The quantitative estimate of drug-likeness (QED) is 0.273. The highest BCUT2D eigenvalue weighted by Gasteiger charge is 2.06. The first-order chi connectivity index (χ1) is 5.72. The molecule has 0 aliphatic heterocycles. The maximum atomic E-state index is 11.3. The molecule has 0 saturated carbocycles. The van der Waals surface area contributed by atoms with Crippen molar-refractivity contribution in [3.05, 3.63) is 10.4 Å². The Balaban J connectivity index is 3.50. The second-order valence-electron chi connectivity index (χ2n) is 2.61. The van der Waals surface area contributed by atoms with Gasteiger partial charge in [-0.2, -0.15) is 0 Å². The van der Waals surface area contributed by atoms with E-state index in [9.17, 15) is 4.21 Å². The van der Waals surface area contributed by atoms with Crippen LogP contribution in [0.4, 0.5) is 0 Å². The molecule has 0 heterocycles. The Morgan fingerprint density at radius 1 is 1.67 bits per heavy atom. The highest BCUT2D eigenvalue weighted by Crippen LogP contribution is 2.02. The molecule has 0 aromatic rings. The Bertz CT molecular complexity index is 189. The molecule has 2 atom stereocenters. The zero-order chi connectivity index (χ0) is 9.40. The minimum Gasteiger partial charge on any atom is -0.259 e. The Kier molecular flexibility index (Phi) is 6.81. The highest BCUT2D eigenvalue weighted by molar-refractivity contribution is 7.85. The molecule has 0 radical (unpaired) electrons. The van der Waals surface area contributed by atoms with Crippen molar-refractivity contribution in [2.75, 3.05) is 12.3 Å². The average Bonchev–Trinajstić information content (AvgIpc) is 2.10. The van der Waals surface area contributed by atoms with E-state index in [-0.39, 0.29) is 5.25 Å². The third kappa shape index (κ3) is 5.16. The first-order valence-electron chi connectivity index (χ1n) is 4.10. The van der Waals surface area contributed by atoms with Crippen molar-refractivity contribution < 1.29 is 4.21 Å². The monoisotopic (exact) mass is 189 g/mol. The van der Waals surface area contributed by atoms with Gasteiger partial charge in [-0.25, -0.2) is 0 Å². The second kappa shape index (κ2) is 7.13. The van der Waals surface area contributed by atoms with Crippen LogP contribution in [0.1, 0.15) is 26.7 Å². The largest absolute Gasteiger partial charge is 0.259 e. The van der Waals surface area contributed by atoms with Gasteiger partial charge >= 0.3 is 0 Å². The van der Waals surface area contributed by atoms with Crippen molar-refractivity contribution in [1.29, 1.82) is 0 Å². The summed E-state index contributed by atoms with van der Waals surface area (Å²) in [5.74, 6) is 0.647. The van der Waals surface area contributed by atoms with E-state index in [1.807, 2.05) is 13.8 Å². The number of azide groups is 1. The third-order valence-corrected chi connectivity index (χ3v) is 3.61. The van der Waals surface area contributed by atoms with E-state index >= 15 is 0 Å². The summed E-state index contributed by atoms with van der Waals surface area (Å²) in [6.45, 7) is 4.46. The van der Waals surface area contributed by atoms with Crippen molar-refractivity contribution in [3.8, 4) is 0 Å². The number of rotatable bonds is 6. The molecule has 4 nitrogen and oxygen atoms in total. The van der Waals surface area contributed by atoms with Crippen LogP contribution in [0, 0.1) is 0 Å². The van der Waals surface area contributed by atoms with Gasteiger partial charge in [0.05, 0.1) is 0 Å². The van der Waals surface area contributed by atoms with Crippen molar-refractivity contribution >= 4 is 10.8 Å². The molecule has 0 fully saturated rings. The van der Waals surface area contributed by atoms with Crippen LogP contribution in [0.15, 0.2) is 5.11 Å². The van der Waals surface area contributed by atoms with Gasteiger partial charge < -0.3 is 0 Å². The minimum atomic E-state index is -0.752. The van der Waals surface area contributed by atoms with E-state index in [0.29, 0.717) is 12.3 Å². The van der Waals surface area contributed by atoms with Gasteiger partial charge in [0.25, 0.3) is 0 Å². The molecular formula is C7H15N3OS. The van der Waals surface area contributed by atoms with Crippen LogP contribution < -0.4 is 0 Å². The lowest BCUT2D eigenvalue weighted by atomic mass is 10.4. The van der Waals surface area contributed by atoms with E-state index in [1.165, 1.54) is 0 Å². The first-order valence-corrected chi connectivity index (χ1v) is 5.48. The summed E-state index contributed by atoms with van der Waals surface area (Å²) in [5.41, 5.74) is 7.97. The first kappa shape index (κ1) is 11.5. The van der Waals surface area contributed by atoms with Gasteiger partial charge in [-0.15, -0.1) is 0 Å². The Morgan fingerprint density at radius 2 is 2.33 bits per heavy atom. The van der Waals surface area contributed by atoms with Gasteiger partial charge in [0.15, 0.2) is 0 Å². The number of nitrogens with zero attached hydrogens (tertiary/aromatic N) is 3. The van der Waals surface area contributed by atoms with Crippen LogP contribution >= 0.6 is 0 Å². The maximum absolute atomic E-state index is 11.3. The Labute approximate surface area is 75.4 Å². The van der Waals surface area contributed by atoms with Gasteiger partial charge in [-0.1, -0.05) is 19.0 Å². The summed E-state index contributed by atoms with van der Waals surface area (Å²) in [6, 6.07) is 0.